The Morgan fingerprint density at radius 3 is 2.11 bits per heavy atom. The maximum Gasteiger partial charge on any atom is 0.253 e. The topological polar surface area (TPSA) is 47.9 Å². The average Bonchev–Trinajstić information content (AvgIpc) is 2.66. The summed E-state index contributed by atoms with van der Waals surface area (Å²) < 4.78 is 0. The average molecular weight is 367 g/mol. The maximum absolute atomic E-state index is 12.0. The Hall–Kier alpha value is -2.82. The van der Waals surface area contributed by atoms with Crippen molar-refractivity contribution >= 4 is 11.9 Å². The van der Waals surface area contributed by atoms with E-state index in [1.165, 1.54) is 11.1 Å². The molecule has 0 fully saturated rings. The summed E-state index contributed by atoms with van der Waals surface area (Å²) in [5.74, 6) is 0.878. The lowest BCUT2D eigenvalue weighted by atomic mass is 10.1. The standard InChI is InChI=1S/C22H30N4O/c1-6-23-22(26(5)16-19-9-7-17(2)8-10-19)24-15-18-11-13-20(14-12-18)21(27)25(3)4/h7-14H,6,15-16H2,1-5H3,(H,23,24). The maximum atomic E-state index is 12.0. The fraction of sp³-hybridized carbons (Fsp3) is 0.364. The van der Waals surface area contributed by atoms with E-state index in [0.29, 0.717) is 12.1 Å². The highest BCUT2D eigenvalue weighted by atomic mass is 16.2. The van der Waals surface area contributed by atoms with E-state index in [-0.39, 0.29) is 5.91 Å². The first-order valence-corrected chi connectivity index (χ1v) is 9.26. The molecule has 2 aromatic carbocycles. The summed E-state index contributed by atoms with van der Waals surface area (Å²) in [6.45, 7) is 6.33. The van der Waals surface area contributed by atoms with Gasteiger partial charge in [-0.1, -0.05) is 42.0 Å². The van der Waals surface area contributed by atoms with Gasteiger partial charge in [-0.05, 0) is 37.1 Å². The van der Waals surface area contributed by atoms with Crippen molar-refractivity contribution in [3.63, 3.8) is 0 Å². The Kier molecular flexibility index (Phi) is 7.41. The molecule has 0 bridgehead atoms. The molecule has 0 atom stereocenters. The third-order valence-corrected chi connectivity index (χ3v) is 4.26. The highest BCUT2D eigenvalue weighted by Crippen LogP contribution is 2.09. The molecule has 0 spiro atoms. The molecular formula is C22H30N4O. The van der Waals surface area contributed by atoms with E-state index in [9.17, 15) is 4.79 Å². The Morgan fingerprint density at radius 1 is 0.963 bits per heavy atom. The quantitative estimate of drug-likeness (QED) is 0.630. The number of hydrogen-bond acceptors (Lipinski definition) is 2. The lowest BCUT2D eigenvalue weighted by Crippen LogP contribution is -2.38. The molecule has 0 radical (unpaired) electrons. The van der Waals surface area contributed by atoms with E-state index < -0.39 is 0 Å². The molecule has 5 heteroatoms. The molecule has 0 aromatic heterocycles. The van der Waals surface area contributed by atoms with E-state index in [1.807, 2.05) is 31.3 Å². The van der Waals surface area contributed by atoms with Gasteiger partial charge in [-0.2, -0.15) is 0 Å². The lowest BCUT2D eigenvalue weighted by molar-refractivity contribution is 0.0827. The van der Waals surface area contributed by atoms with Crippen molar-refractivity contribution in [2.75, 3.05) is 27.7 Å². The van der Waals surface area contributed by atoms with E-state index in [0.717, 1.165) is 24.6 Å². The predicted octanol–water partition coefficient (Wildman–Crippen LogP) is 3.29. The number of amides is 1. The van der Waals surface area contributed by atoms with Gasteiger partial charge in [0.25, 0.3) is 5.91 Å². The minimum atomic E-state index is 0.0104. The second-order valence-corrected chi connectivity index (χ2v) is 6.91. The number of hydrogen-bond donors (Lipinski definition) is 1. The summed E-state index contributed by atoms with van der Waals surface area (Å²) in [6.07, 6.45) is 0. The number of nitrogens with zero attached hydrogens (tertiary/aromatic N) is 3. The fourth-order valence-corrected chi connectivity index (χ4v) is 2.69. The van der Waals surface area contributed by atoms with Gasteiger partial charge in [-0.15, -0.1) is 0 Å². The van der Waals surface area contributed by atoms with Crippen molar-refractivity contribution in [2.45, 2.75) is 26.9 Å². The molecule has 2 aromatic rings. The minimum absolute atomic E-state index is 0.0104. The van der Waals surface area contributed by atoms with Crippen molar-refractivity contribution in [3.8, 4) is 0 Å². The third-order valence-electron chi connectivity index (χ3n) is 4.26. The molecule has 0 heterocycles. The largest absolute Gasteiger partial charge is 0.357 e. The van der Waals surface area contributed by atoms with Gasteiger partial charge in [-0.3, -0.25) is 4.79 Å². The number of benzene rings is 2. The molecule has 1 N–H and O–H groups in total. The monoisotopic (exact) mass is 366 g/mol. The Balaban J connectivity index is 2.05. The Morgan fingerprint density at radius 2 is 1.56 bits per heavy atom. The number of aryl methyl sites for hydroxylation is 1. The lowest BCUT2D eigenvalue weighted by Gasteiger charge is -2.22. The molecule has 2 rings (SSSR count). The van der Waals surface area contributed by atoms with Crippen molar-refractivity contribution in [1.82, 2.24) is 15.1 Å². The zero-order valence-corrected chi connectivity index (χ0v) is 17.0. The van der Waals surface area contributed by atoms with Crippen LogP contribution in [0.5, 0.6) is 0 Å². The van der Waals surface area contributed by atoms with Gasteiger partial charge in [0.15, 0.2) is 5.96 Å². The summed E-state index contributed by atoms with van der Waals surface area (Å²) in [6, 6.07) is 16.2. The van der Waals surface area contributed by atoms with E-state index in [4.69, 9.17) is 4.99 Å². The van der Waals surface area contributed by atoms with Gasteiger partial charge in [0.05, 0.1) is 6.54 Å². The molecular weight excluding hydrogens is 336 g/mol. The number of rotatable bonds is 6. The van der Waals surface area contributed by atoms with Crippen LogP contribution in [-0.2, 0) is 13.1 Å². The van der Waals surface area contributed by atoms with Crippen LogP contribution >= 0.6 is 0 Å². The molecule has 0 saturated carbocycles. The van der Waals surface area contributed by atoms with Crippen molar-refractivity contribution in [3.05, 3.63) is 70.8 Å². The summed E-state index contributed by atoms with van der Waals surface area (Å²) >= 11 is 0. The number of carbonyl (C=O) groups excluding carboxylic acids is 1. The first kappa shape index (κ1) is 20.5. The number of nitrogens with one attached hydrogen (secondary N) is 1. The van der Waals surface area contributed by atoms with Crippen LogP contribution in [0.4, 0.5) is 0 Å². The highest BCUT2D eigenvalue weighted by Gasteiger charge is 2.08. The van der Waals surface area contributed by atoms with Crippen LogP contribution < -0.4 is 5.32 Å². The molecule has 0 aliphatic carbocycles. The molecule has 0 saturated heterocycles. The first-order valence-electron chi connectivity index (χ1n) is 9.26. The van der Waals surface area contributed by atoms with Gasteiger partial charge in [-0.25, -0.2) is 4.99 Å². The Labute approximate surface area is 162 Å². The zero-order valence-electron chi connectivity index (χ0n) is 17.0. The van der Waals surface area contributed by atoms with Crippen molar-refractivity contribution in [2.24, 2.45) is 4.99 Å². The molecule has 0 aliphatic rings. The van der Waals surface area contributed by atoms with Gasteiger partial charge >= 0.3 is 0 Å². The van der Waals surface area contributed by atoms with Crippen LogP contribution in [0, 0.1) is 6.92 Å². The van der Waals surface area contributed by atoms with Crippen LogP contribution in [-0.4, -0.2) is 49.4 Å². The predicted molar refractivity (Wildman–Crippen MR) is 112 cm³/mol. The number of guanidine groups is 1. The second-order valence-electron chi connectivity index (χ2n) is 6.91. The van der Waals surface area contributed by atoms with E-state index in [1.54, 1.807) is 19.0 Å². The van der Waals surface area contributed by atoms with Crippen LogP contribution in [0.25, 0.3) is 0 Å². The van der Waals surface area contributed by atoms with Gasteiger partial charge < -0.3 is 15.1 Å². The summed E-state index contributed by atoms with van der Waals surface area (Å²) in [5.41, 5.74) is 4.28. The number of carbonyl (C=O) groups is 1. The SMILES string of the molecule is CCNC(=NCc1ccc(C(=O)N(C)C)cc1)N(C)Cc1ccc(C)cc1. The molecule has 0 aliphatic heterocycles. The van der Waals surface area contributed by atoms with E-state index in [2.05, 4.69) is 48.3 Å². The van der Waals surface area contributed by atoms with Crippen LogP contribution in [0.3, 0.4) is 0 Å². The fourth-order valence-electron chi connectivity index (χ4n) is 2.69. The van der Waals surface area contributed by atoms with E-state index >= 15 is 0 Å². The van der Waals surface area contributed by atoms with Gasteiger partial charge in [0.1, 0.15) is 0 Å². The molecule has 144 valence electrons. The molecule has 27 heavy (non-hydrogen) atoms. The zero-order chi connectivity index (χ0) is 19.8. The van der Waals surface area contributed by atoms with Crippen molar-refractivity contribution in [1.29, 1.82) is 0 Å². The highest BCUT2D eigenvalue weighted by molar-refractivity contribution is 5.93. The van der Waals surface area contributed by atoms with Crippen LogP contribution in [0.15, 0.2) is 53.5 Å². The first-order chi connectivity index (χ1) is 12.9. The molecule has 1 amide bonds. The minimum Gasteiger partial charge on any atom is -0.357 e. The number of aliphatic imine (C=N–C) groups is 1. The van der Waals surface area contributed by atoms with Crippen LogP contribution in [0.1, 0.15) is 34.0 Å². The Bertz CT molecular complexity index is 764. The van der Waals surface area contributed by atoms with Crippen LogP contribution in [0.2, 0.25) is 0 Å². The summed E-state index contributed by atoms with van der Waals surface area (Å²) in [4.78, 5) is 20.4. The normalized spacial score (nSPS) is 11.2. The smallest absolute Gasteiger partial charge is 0.253 e. The summed E-state index contributed by atoms with van der Waals surface area (Å²) in [7, 11) is 5.56. The van der Waals surface area contributed by atoms with Crippen molar-refractivity contribution < 1.29 is 4.79 Å². The molecule has 5 nitrogen and oxygen atoms in total. The van der Waals surface area contributed by atoms with Gasteiger partial charge in [0.2, 0.25) is 0 Å². The third kappa shape index (κ3) is 6.13. The molecule has 0 unspecified atom stereocenters. The summed E-state index contributed by atoms with van der Waals surface area (Å²) in [5, 5.41) is 3.34. The van der Waals surface area contributed by atoms with Gasteiger partial charge in [0, 0.05) is 39.8 Å². The second kappa shape index (κ2) is 9.76.